The van der Waals surface area contributed by atoms with Gasteiger partial charge in [0.2, 0.25) is 0 Å². The predicted molar refractivity (Wildman–Crippen MR) is 72.2 cm³/mol. The fourth-order valence-corrected chi connectivity index (χ4v) is 1.72. The lowest BCUT2D eigenvalue weighted by Crippen LogP contribution is -2.36. The fourth-order valence-electron chi connectivity index (χ4n) is 1.72. The Hall–Kier alpha value is -1.98. The summed E-state index contributed by atoms with van der Waals surface area (Å²) in [5, 5.41) is 11.4. The van der Waals surface area contributed by atoms with Gasteiger partial charge in [0, 0.05) is 19.5 Å². The van der Waals surface area contributed by atoms with Gasteiger partial charge in [-0.1, -0.05) is 19.0 Å². The Balaban J connectivity index is 2.75. The zero-order valence-electron chi connectivity index (χ0n) is 11.6. The highest BCUT2D eigenvalue weighted by molar-refractivity contribution is 5.92. The molecule has 1 amide bonds. The molecule has 1 heterocycles. The van der Waals surface area contributed by atoms with E-state index < -0.39 is 0 Å². The molecule has 3 N–H and O–H groups in total. The van der Waals surface area contributed by atoms with E-state index in [0.717, 1.165) is 0 Å². The van der Waals surface area contributed by atoms with Gasteiger partial charge in [-0.05, 0) is 25.0 Å². The van der Waals surface area contributed by atoms with Crippen LogP contribution in [-0.2, 0) is 0 Å². The van der Waals surface area contributed by atoms with E-state index in [0.29, 0.717) is 36.9 Å². The third-order valence-electron chi connectivity index (χ3n) is 2.59. The highest BCUT2D eigenvalue weighted by Crippen LogP contribution is 2.11. The van der Waals surface area contributed by atoms with Gasteiger partial charge in [-0.25, -0.2) is 0 Å². The van der Waals surface area contributed by atoms with Crippen molar-refractivity contribution in [3.63, 3.8) is 0 Å². The number of amidine groups is 1. The Morgan fingerprint density at radius 2 is 2.21 bits per heavy atom. The van der Waals surface area contributed by atoms with Crippen LogP contribution in [0.1, 0.15) is 36.6 Å². The lowest BCUT2D eigenvalue weighted by molar-refractivity contribution is 0.0707. The van der Waals surface area contributed by atoms with E-state index >= 15 is 0 Å². The van der Waals surface area contributed by atoms with Crippen molar-refractivity contribution in [3.05, 3.63) is 23.7 Å². The molecule has 0 aliphatic heterocycles. The van der Waals surface area contributed by atoms with Crippen molar-refractivity contribution in [1.82, 2.24) is 4.90 Å². The van der Waals surface area contributed by atoms with Gasteiger partial charge in [-0.2, -0.15) is 0 Å². The molecule has 0 bridgehead atoms. The summed E-state index contributed by atoms with van der Waals surface area (Å²) in [6.45, 7) is 6.83. The average Bonchev–Trinajstić information content (AvgIpc) is 2.79. The van der Waals surface area contributed by atoms with E-state index in [9.17, 15) is 4.79 Å². The van der Waals surface area contributed by atoms with Crippen LogP contribution in [-0.4, -0.2) is 34.9 Å². The number of hydrogen-bond acceptors (Lipinski definition) is 4. The number of furan rings is 1. The second kappa shape index (κ2) is 6.82. The number of nitrogens with two attached hydrogens (primary N) is 1. The molecule has 6 nitrogen and oxygen atoms in total. The zero-order chi connectivity index (χ0) is 14.4. The number of rotatable bonds is 6. The Morgan fingerprint density at radius 3 is 2.68 bits per heavy atom. The standard InChI is InChI=1S/C13H21N3O3/c1-9(2)8-16(7-6-12(14)15-18)13(17)11-5-4-10(3)19-11/h4-5,9,18H,6-8H2,1-3H3,(H2,14,15). The van der Waals surface area contributed by atoms with Crippen LogP contribution in [0.15, 0.2) is 21.7 Å². The van der Waals surface area contributed by atoms with Gasteiger partial charge in [0.05, 0.1) is 0 Å². The van der Waals surface area contributed by atoms with E-state index in [1.165, 1.54) is 0 Å². The van der Waals surface area contributed by atoms with Gasteiger partial charge >= 0.3 is 0 Å². The Labute approximate surface area is 112 Å². The summed E-state index contributed by atoms with van der Waals surface area (Å²) >= 11 is 0. The van der Waals surface area contributed by atoms with E-state index in [2.05, 4.69) is 5.16 Å². The van der Waals surface area contributed by atoms with E-state index in [-0.39, 0.29) is 11.7 Å². The molecule has 0 atom stereocenters. The summed E-state index contributed by atoms with van der Waals surface area (Å²) in [5.74, 6) is 1.28. The van der Waals surface area contributed by atoms with E-state index in [1.807, 2.05) is 13.8 Å². The third kappa shape index (κ3) is 4.65. The van der Waals surface area contributed by atoms with Crippen LogP contribution in [0.5, 0.6) is 0 Å². The quantitative estimate of drug-likeness (QED) is 0.356. The number of oxime groups is 1. The maximum absolute atomic E-state index is 12.3. The van der Waals surface area contributed by atoms with Crippen LogP contribution in [0.4, 0.5) is 0 Å². The van der Waals surface area contributed by atoms with Crippen LogP contribution >= 0.6 is 0 Å². The van der Waals surface area contributed by atoms with Gasteiger partial charge in [0.1, 0.15) is 11.6 Å². The maximum atomic E-state index is 12.3. The Kier molecular flexibility index (Phi) is 5.41. The Bertz CT molecular complexity index is 452. The van der Waals surface area contributed by atoms with Crippen molar-refractivity contribution in [2.45, 2.75) is 27.2 Å². The molecule has 0 aromatic carbocycles. The van der Waals surface area contributed by atoms with Crippen molar-refractivity contribution >= 4 is 11.7 Å². The first-order valence-electron chi connectivity index (χ1n) is 6.26. The Morgan fingerprint density at radius 1 is 1.53 bits per heavy atom. The minimum absolute atomic E-state index is 0.109. The molecular weight excluding hydrogens is 246 g/mol. The molecule has 0 saturated carbocycles. The molecule has 6 heteroatoms. The highest BCUT2D eigenvalue weighted by atomic mass is 16.4. The molecule has 0 fully saturated rings. The summed E-state index contributed by atoms with van der Waals surface area (Å²) in [7, 11) is 0. The minimum Gasteiger partial charge on any atom is -0.456 e. The molecule has 1 rings (SSSR count). The van der Waals surface area contributed by atoms with Crippen LogP contribution in [0.25, 0.3) is 0 Å². The van der Waals surface area contributed by atoms with Crippen LogP contribution in [0.2, 0.25) is 0 Å². The molecule has 0 saturated heterocycles. The smallest absolute Gasteiger partial charge is 0.289 e. The van der Waals surface area contributed by atoms with Crippen LogP contribution in [0, 0.1) is 12.8 Å². The third-order valence-corrected chi connectivity index (χ3v) is 2.59. The molecular formula is C13H21N3O3. The van der Waals surface area contributed by atoms with E-state index in [4.69, 9.17) is 15.4 Å². The largest absolute Gasteiger partial charge is 0.456 e. The number of nitrogens with zero attached hydrogens (tertiary/aromatic N) is 2. The minimum atomic E-state index is -0.174. The molecule has 0 aliphatic carbocycles. The lowest BCUT2D eigenvalue weighted by Gasteiger charge is -2.23. The number of aryl methyl sites for hydroxylation is 1. The second-order valence-electron chi connectivity index (χ2n) is 4.90. The summed E-state index contributed by atoms with van der Waals surface area (Å²) < 4.78 is 5.34. The van der Waals surface area contributed by atoms with Crippen molar-refractivity contribution in [1.29, 1.82) is 0 Å². The second-order valence-corrected chi connectivity index (χ2v) is 4.90. The number of hydrogen-bond donors (Lipinski definition) is 2. The molecule has 106 valence electrons. The summed E-state index contributed by atoms with van der Waals surface area (Å²) in [6, 6.07) is 3.42. The van der Waals surface area contributed by atoms with Gasteiger partial charge in [0.15, 0.2) is 5.76 Å². The van der Waals surface area contributed by atoms with Gasteiger partial charge in [-0.3, -0.25) is 4.79 Å². The fraction of sp³-hybridized carbons (Fsp3) is 0.538. The first-order chi connectivity index (χ1) is 8.93. The molecule has 0 aliphatic rings. The van der Waals surface area contributed by atoms with Gasteiger partial charge in [0.25, 0.3) is 5.91 Å². The van der Waals surface area contributed by atoms with Gasteiger partial charge < -0.3 is 20.3 Å². The normalized spacial score (nSPS) is 11.9. The molecule has 1 aromatic heterocycles. The molecule has 19 heavy (non-hydrogen) atoms. The number of carbonyl (C=O) groups excluding carboxylic acids is 1. The molecule has 0 unspecified atom stereocenters. The topological polar surface area (TPSA) is 92.1 Å². The van der Waals surface area contributed by atoms with Crippen LogP contribution < -0.4 is 5.73 Å². The zero-order valence-corrected chi connectivity index (χ0v) is 11.6. The van der Waals surface area contributed by atoms with Gasteiger partial charge in [-0.15, -0.1) is 0 Å². The summed E-state index contributed by atoms with van der Waals surface area (Å²) in [6.07, 6.45) is 0.328. The molecule has 0 spiro atoms. The maximum Gasteiger partial charge on any atom is 0.289 e. The van der Waals surface area contributed by atoms with Crippen LogP contribution in [0.3, 0.4) is 0 Å². The summed E-state index contributed by atoms with van der Waals surface area (Å²) in [4.78, 5) is 13.9. The van der Waals surface area contributed by atoms with Crippen molar-refractivity contribution in [2.75, 3.05) is 13.1 Å². The van der Waals surface area contributed by atoms with Crippen molar-refractivity contribution in [3.8, 4) is 0 Å². The SMILES string of the molecule is Cc1ccc(C(=O)N(CCC(N)=NO)CC(C)C)o1. The number of amides is 1. The first-order valence-corrected chi connectivity index (χ1v) is 6.26. The summed E-state index contributed by atoms with van der Waals surface area (Å²) in [5.41, 5.74) is 5.43. The number of carbonyl (C=O) groups is 1. The monoisotopic (exact) mass is 267 g/mol. The highest BCUT2D eigenvalue weighted by Gasteiger charge is 2.19. The van der Waals surface area contributed by atoms with Crippen molar-refractivity contribution < 1.29 is 14.4 Å². The predicted octanol–water partition coefficient (Wildman–Crippen LogP) is 1.82. The van der Waals surface area contributed by atoms with Crippen molar-refractivity contribution in [2.24, 2.45) is 16.8 Å². The first kappa shape index (κ1) is 15.1. The lowest BCUT2D eigenvalue weighted by atomic mass is 10.2. The molecule has 0 radical (unpaired) electrons. The van der Waals surface area contributed by atoms with E-state index in [1.54, 1.807) is 24.0 Å². The molecule has 1 aromatic rings. The average molecular weight is 267 g/mol.